The van der Waals surface area contributed by atoms with Gasteiger partial charge in [-0.1, -0.05) is 5.16 Å². The van der Waals surface area contributed by atoms with E-state index in [1.807, 2.05) is 31.7 Å². The molecule has 128 valence electrons. The molecule has 1 aliphatic heterocycles. The van der Waals surface area contributed by atoms with E-state index in [1.165, 1.54) is 0 Å². The summed E-state index contributed by atoms with van der Waals surface area (Å²) in [6.07, 6.45) is 2.54. The summed E-state index contributed by atoms with van der Waals surface area (Å²) in [7, 11) is 0. The topological polar surface area (TPSA) is 81.4 Å². The van der Waals surface area contributed by atoms with Crippen LogP contribution in [0.5, 0.6) is 0 Å². The molecule has 7 heteroatoms. The van der Waals surface area contributed by atoms with Gasteiger partial charge in [0.05, 0.1) is 18.8 Å². The Morgan fingerprint density at radius 2 is 2.21 bits per heavy atom. The molecule has 0 spiro atoms. The lowest BCUT2D eigenvalue weighted by Gasteiger charge is -2.32. The highest BCUT2D eigenvalue weighted by atomic mass is 16.5. The number of carbonyl (C=O) groups excluding carboxylic acids is 1. The Balaban J connectivity index is 1.61. The van der Waals surface area contributed by atoms with Gasteiger partial charge >= 0.3 is 0 Å². The maximum atomic E-state index is 12.5. The van der Waals surface area contributed by atoms with Crippen LogP contribution in [-0.2, 0) is 16.0 Å². The van der Waals surface area contributed by atoms with Gasteiger partial charge in [-0.25, -0.2) is 9.97 Å². The molecule has 0 unspecified atom stereocenters. The van der Waals surface area contributed by atoms with Crippen LogP contribution in [0.15, 0.2) is 16.8 Å². The fourth-order valence-corrected chi connectivity index (χ4v) is 2.90. The number of amides is 1. The number of rotatable bonds is 4. The largest absolute Gasteiger partial charge is 0.367 e. The van der Waals surface area contributed by atoms with Crippen LogP contribution in [-0.4, -0.2) is 45.6 Å². The second-order valence-electron chi connectivity index (χ2n) is 6.06. The van der Waals surface area contributed by atoms with Gasteiger partial charge in [0.15, 0.2) is 5.82 Å². The monoisotopic (exact) mass is 330 g/mol. The third-order valence-corrected chi connectivity index (χ3v) is 4.29. The lowest BCUT2D eigenvalue weighted by Crippen LogP contribution is -2.42. The minimum absolute atomic E-state index is 0.107. The van der Waals surface area contributed by atoms with Crippen molar-refractivity contribution in [3.63, 3.8) is 0 Å². The third-order valence-electron chi connectivity index (χ3n) is 4.29. The summed E-state index contributed by atoms with van der Waals surface area (Å²) in [4.78, 5) is 23.0. The van der Waals surface area contributed by atoms with Gasteiger partial charge in [0, 0.05) is 30.4 Å². The number of aromatic nitrogens is 3. The molecule has 1 saturated heterocycles. The van der Waals surface area contributed by atoms with Crippen LogP contribution >= 0.6 is 0 Å². The van der Waals surface area contributed by atoms with Crippen LogP contribution in [0, 0.1) is 20.8 Å². The summed E-state index contributed by atoms with van der Waals surface area (Å²) in [6.45, 7) is 7.28. The van der Waals surface area contributed by atoms with Gasteiger partial charge in [-0.15, -0.1) is 0 Å². The minimum atomic E-state index is -0.262. The molecule has 3 heterocycles. The van der Waals surface area contributed by atoms with Crippen molar-refractivity contribution in [2.75, 3.05) is 19.7 Å². The first-order chi connectivity index (χ1) is 11.5. The van der Waals surface area contributed by atoms with Crippen molar-refractivity contribution in [3.8, 4) is 0 Å². The average molecular weight is 330 g/mol. The smallest absolute Gasteiger partial charge is 0.223 e. The fraction of sp³-hybridized carbons (Fsp3) is 0.529. The van der Waals surface area contributed by atoms with Gasteiger partial charge in [0.25, 0.3) is 0 Å². The quantitative estimate of drug-likeness (QED) is 0.852. The molecule has 0 N–H and O–H groups in total. The Bertz CT molecular complexity index is 709. The van der Waals surface area contributed by atoms with Crippen molar-refractivity contribution >= 4 is 5.91 Å². The zero-order chi connectivity index (χ0) is 17.1. The predicted octanol–water partition coefficient (Wildman–Crippen LogP) is 1.92. The first kappa shape index (κ1) is 16.6. The summed E-state index contributed by atoms with van der Waals surface area (Å²) >= 11 is 0. The highest BCUT2D eigenvalue weighted by Gasteiger charge is 2.27. The van der Waals surface area contributed by atoms with Gasteiger partial charge in [-0.2, -0.15) is 0 Å². The van der Waals surface area contributed by atoms with E-state index in [9.17, 15) is 4.79 Å². The Hall–Kier alpha value is -2.28. The molecule has 24 heavy (non-hydrogen) atoms. The maximum absolute atomic E-state index is 12.5. The Morgan fingerprint density at radius 3 is 2.92 bits per heavy atom. The summed E-state index contributed by atoms with van der Waals surface area (Å²) in [5.74, 6) is 1.53. The zero-order valence-corrected chi connectivity index (χ0v) is 14.3. The molecular weight excluding hydrogens is 308 g/mol. The van der Waals surface area contributed by atoms with Crippen molar-refractivity contribution in [2.45, 2.75) is 39.7 Å². The number of carbonyl (C=O) groups is 1. The standard InChI is InChI=1S/C17H22N4O3/c1-11-6-7-18-17(19-11)15-10-21(8-9-23-15)16(22)5-4-14-12(2)20-24-13(14)3/h6-7,15H,4-5,8-10H2,1-3H3/t15-/m0/s1. The van der Waals surface area contributed by atoms with E-state index in [0.29, 0.717) is 38.4 Å². The van der Waals surface area contributed by atoms with Gasteiger partial charge in [-0.3, -0.25) is 4.79 Å². The van der Waals surface area contributed by atoms with Crippen molar-refractivity contribution in [2.24, 2.45) is 0 Å². The SMILES string of the molecule is Cc1ccnc([C@@H]2CN(C(=O)CCc3c(C)noc3C)CCO2)n1. The van der Waals surface area contributed by atoms with Crippen LogP contribution in [0.3, 0.4) is 0 Å². The lowest BCUT2D eigenvalue weighted by atomic mass is 10.1. The number of nitrogens with zero attached hydrogens (tertiary/aromatic N) is 4. The second kappa shape index (κ2) is 7.09. The number of hydrogen-bond acceptors (Lipinski definition) is 6. The van der Waals surface area contributed by atoms with E-state index in [1.54, 1.807) is 6.20 Å². The van der Waals surface area contributed by atoms with Gasteiger partial charge < -0.3 is 14.2 Å². The highest BCUT2D eigenvalue weighted by molar-refractivity contribution is 5.76. The normalized spacial score (nSPS) is 18.0. The van der Waals surface area contributed by atoms with Crippen LogP contribution in [0.25, 0.3) is 0 Å². The van der Waals surface area contributed by atoms with Crippen molar-refractivity contribution in [3.05, 3.63) is 40.8 Å². The molecule has 1 atom stereocenters. The second-order valence-corrected chi connectivity index (χ2v) is 6.06. The number of aryl methyl sites for hydroxylation is 3. The van der Waals surface area contributed by atoms with Crippen molar-refractivity contribution in [1.29, 1.82) is 0 Å². The van der Waals surface area contributed by atoms with E-state index in [-0.39, 0.29) is 12.0 Å². The lowest BCUT2D eigenvalue weighted by molar-refractivity contribution is -0.139. The first-order valence-electron chi connectivity index (χ1n) is 8.15. The minimum Gasteiger partial charge on any atom is -0.367 e. The molecule has 0 aromatic carbocycles. The molecule has 2 aromatic rings. The Labute approximate surface area is 141 Å². The van der Waals surface area contributed by atoms with Gasteiger partial charge in [-0.05, 0) is 33.3 Å². The van der Waals surface area contributed by atoms with Crippen LogP contribution < -0.4 is 0 Å². The first-order valence-corrected chi connectivity index (χ1v) is 8.15. The molecule has 0 bridgehead atoms. The van der Waals surface area contributed by atoms with E-state index in [4.69, 9.17) is 9.26 Å². The van der Waals surface area contributed by atoms with Crippen LogP contribution in [0.2, 0.25) is 0 Å². The summed E-state index contributed by atoms with van der Waals surface area (Å²) < 4.78 is 10.9. The van der Waals surface area contributed by atoms with Gasteiger partial charge in [0.2, 0.25) is 5.91 Å². The molecular formula is C17H22N4O3. The molecule has 0 saturated carbocycles. The third kappa shape index (κ3) is 3.62. The van der Waals surface area contributed by atoms with Crippen LogP contribution in [0.1, 0.15) is 41.1 Å². The number of hydrogen-bond donors (Lipinski definition) is 0. The van der Waals surface area contributed by atoms with E-state index in [0.717, 1.165) is 22.7 Å². The molecule has 1 amide bonds. The molecule has 7 nitrogen and oxygen atoms in total. The average Bonchev–Trinajstić information content (AvgIpc) is 2.91. The Kier molecular flexibility index (Phi) is 4.89. The summed E-state index contributed by atoms with van der Waals surface area (Å²) in [6, 6.07) is 1.85. The van der Waals surface area contributed by atoms with Crippen LogP contribution in [0.4, 0.5) is 0 Å². The molecule has 0 radical (unpaired) electrons. The summed E-state index contributed by atoms with van der Waals surface area (Å²) in [5.41, 5.74) is 2.77. The summed E-state index contributed by atoms with van der Waals surface area (Å²) in [5, 5.41) is 3.93. The molecule has 1 fully saturated rings. The van der Waals surface area contributed by atoms with E-state index >= 15 is 0 Å². The number of ether oxygens (including phenoxy) is 1. The fourth-order valence-electron chi connectivity index (χ4n) is 2.90. The number of morpholine rings is 1. The van der Waals surface area contributed by atoms with Gasteiger partial charge in [0.1, 0.15) is 11.9 Å². The zero-order valence-electron chi connectivity index (χ0n) is 14.3. The van der Waals surface area contributed by atoms with E-state index < -0.39 is 0 Å². The van der Waals surface area contributed by atoms with Crippen molar-refractivity contribution in [1.82, 2.24) is 20.0 Å². The molecule has 3 rings (SSSR count). The molecule has 2 aromatic heterocycles. The Morgan fingerprint density at radius 1 is 1.38 bits per heavy atom. The molecule has 0 aliphatic carbocycles. The van der Waals surface area contributed by atoms with E-state index in [2.05, 4.69) is 15.1 Å². The maximum Gasteiger partial charge on any atom is 0.223 e. The van der Waals surface area contributed by atoms with Crippen molar-refractivity contribution < 1.29 is 14.1 Å². The highest BCUT2D eigenvalue weighted by Crippen LogP contribution is 2.21. The predicted molar refractivity (Wildman–Crippen MR) is 86.3 cm³/mol. The molecule has 1 aliphatic rings.